The van der Waals surface area contributed by atoms with E-state index in [4.69, 9.17) is 4.74 Å². The van der Waals surface area contributed by atoms with Crippen molar-refractivity contribution in [3.63, 3.8) is 0 Å². The molecule has 2 aromatic heterocycles. The first-order valence-electron chi connectivity index (χ1n) is 6.54. The zero-order valence-electron chi connectivity index (χ0n) is 11.5. The van der Waals surface area contributed by atoms with Gasteiger partial charge in [-0.15, -0.1) is 16.4 Å². The highest BCUT2D eigenvalue weighted by Crippen LogP contribution is 2.20. The minimum absolute atomic E-state index is 0.209. The van der Waals surface area contributed by atoms with Crippen molar-refractivity contribution in [3.05, 3.63) is 64.6 Å². The molecule has 0 aliphatic carbocycles. The zero-order chi connectivity index (χ0) is 15.2. The molecular weight excluding hydrogens is 300 g/mol. The van der Waals surface area contributed by atoms with Crippen LogP contribution < -0.4 is 0 Å². The van der Waals surface area contributed by atoms with Gasteiger partial charge in [-0.1, -0.05) is 36.4 Å². The van der Waals surface area contributed by atoms with Crippen LogP contribution in [0.25, 0.3) is 11.8 Å². The smallest absolute Gasteiger partial charge is 0.350 e. The SMILES string of the molecule is O=C(OC/C=C/c1ccccc1)c1sccc1-n1cnnn1. The van der Waals surface area contributed by atoms with E-state index >= 15 is 0 Å². The summed E-state index contributed by atoms with van der Waals surface area (Å²) in [5.41, 5.74) is 1.68. The molecule has 0 aliphatic rings. The molecular formula is C15H12N4O2S. The van der Waals surface area contributed by atoms with Crippen molar-refractivity contribution in [2.75, 3.05) is 6.61 Å². The molecule has 0 saturated carbocycles. The molecule has 22 heavy (non-hydrogen) atoms. The third kappa shape index (κ3) is 3.26. The van der Waals surface area contributed by atoms with Gasteiger partial charge in [-0.3, -0.25) is 0 Å². The number of benzene rings is 1. The second kappa shape index (κ2) is 6.77. The Labute approximate surface area is 130 Å². The van der Waals surface area contributed by atoms with Gasteiger partial charge in [0, 0.05) is 0 Å². The average Bonchev–Trinajstić information content (AvgIpc) is 3.22. The summed E-state index contributed by atoms with van der Waals surface area (Å²) in [5.74, 6) is -0.391. The molecule has 0 amide bonds. The van der Waals surface area contributed by atoms with Gasteiger partial charge in [-0.05, 0) is 33.5 Å². The van der Waals surface area contributed by atoms with Crippen LogP contribution >= 0.6 is 11.3 Å². The van der Waals surface area contributed by atoms with E-state index in [1.807, 2.05) is 36.4 Å². The van der Waals surface area contributed by atoms with Crippen molar-refractivity contribution in [1.82, 2.24) is 20.2 Å². The number of carbonyl (C=O) groups is 1. The van der Waals surface area contributed by atoms with Gasteiger partial charge in [-0.2, -0.15) is 4.68 Å². The van der Waals surface area contributed by atoms with E-state index in [2.05, 4.69) is 15.5 Å². The zero-order valence-corrected chi connectivity index (χ0v) is 12.3. The number of hydrogen-bond acceptors (Lipinski definition) is 6. The number of aromatic nitrogens is 4. The summed E-state index contributed by atoms with van der Waals surface area (Å²) in [6.45, 7) is 0.209. The lowest BCUT2D eigenvalue weighted by Crippen LogP contribution is -2.07. The van der Waals surface area contributed by atoms with Gasteiger partial charge in [-0.25, -0.2) is 4.79 Å². The highest BCUT2D eigenvalue weighted by atomic mass is 32.1. The van der Waals surface area contributed by atoms with Crippen LogP contribution in [0.15, 0.2) is 54.2 Å². The molecule has 0 fully saturated rings. The number of carbonyl (C=O) groups excluding carboxylic acids is 1. The van der Waals surface area contributed by atoms with E-state index in [9.17, 15) is 4.79 Å². The van der Waals surface area contributed by atoms with E-state index in [-0.39, 0.29) is 6.61 Å². The fourth-order valence-electron chi connectivity index (χ4n) is 1.85. The third-order valence-corrected chi connectivity index (χ3v) is 3.73. The minimum atomic E-state index is -0.391. The Morgan fingerprint density at radius 3 is 2.91 bits per heavy atom. The Balaban J connectivity index is 1.61. The molecule has 0 unspecified atom stereocenters. The molecule has 0 bridgehead atoms. The van der Waals surface area contributed by atoms with E-state index in [1.165, 1.54) is 22.3 Å². The van der Waals surface area contributed by atoms with E-state index < -0.39 is 5.97 Å². The number of rotatable bonds is 5. The van der Waals surface area contributed by atoms with Gasteiger partial charge >= 0.3 is 5.97 Å². The predicted molar refractivity (Wildman–Crippen MR) is 82.8 cm³/mol. The van der Waals surface area contributed by atoms with E-state index in [0.29, 0.717) is 10.6 Å². The van der Waals surface area contributed by atoms with Crippen LogP contribution in [-0.4, -0.2) is 32.8 Å². The third-order valence-electron chi connectivity index (χ3n) is 2.85. The van der Waals surface area contributed by atoms with Gasteiger partial charge in [0.25, 0.3) is 0 Å². The van der Waals surface area contributed by atoms with Gasteiger partial charge < -0.3 is 4.74 Å². The van der Waals surface area contributed by atoms with Crippen LogP contribution in [-0.2, 0) is 4.74 Å². The van der Waals surface area contributed by atoms with Crippen LogP contribution in [0.4, 0.5) is 0 Å². The molecule has 0 aliphatic heterocycles. The molecule has 0 N–H and O–H groups in total. The van der Waals surface area contributed by atoms with Crippen molar-refractivity contribution in [1.29, 1.82) is 0 Å². The van der Waals surface area contributed by atoms with E-state index in [0.717, 1.165) is 5.56 Å². The molecule has 2 heterocycles. The molecule has 0 spiro atoms. The Hall–Kier alpha value is -2.80. The number of ether oxygens (including phenoxy) is 1. The monoisotopic (exact) mass is 312 g/mol. The van der Waals surface area contributed by atoms with Gasteiger partial charge in [0.2, 0.25) is 0 Å². The lowest BCUT2D eigenvalue weighted by atomic mass is 10.2. The van der Waals surface area contributed by atoms with Gasteiger partial charge in [0.1, 0.15) is 17.8 Å². The van der Waals surface area contributed by atoms with E-state index in [1.54, 1.807) is 17.5 Å². The largest absolute Gasteiger partial charge is 0.457 e. The van der Waals surface area contributed by atoms with Crippen LogP contribution in [0, 0.1) is 0 Å². The quantitative estimate of drug-likeness (QED) is 0.677. The van der Waals surface area contributed by atoms with Gasteiger partial charge in [0.05, 0.1) is 5.69 Å². The first kappa shape index (κ1) is 14.2. The summed E-state index contributed by atoms with van der Waals surface area (Å²) in [4.78, 5) is 12.6. The predicted octanol–water partition coefficient (Wildman–Crippen LogP) is 2.59. The number of esters is 1. The summed E-state index contributed by atoms with van der Waals surface area (Å²) >= 11 is 1.30. The standard InChI is InChI=1S/C15H12N4O2S/c20-15(21-9-4-7-12-5-2-1-3-6-12)14-13(8-10-22-14)19-11-16-17-18-19/h1-8,10-11H,9H2/b7-4+. The molecule has 3 aromatic rings. The first-order valence-corrected chi connectivity index (χ1v) is 7.42. The lowest BCUT2D eigenvalue weighted by Gasteiger charge is -2.02. The number of thiophene rings is 1. The first-order chi connectivity index (χ1) is 10.8. The van der Waals surface area contributed by atoms with Crippen molar-refractivity contribution in [2.45, 2.75) is 0 Å². The minimum Gasteiger partial charge on any atom is -0.457 e. The van der Waals surface area contributed by atoms with Crippen molar-refractivity contribution < 1.29 is 9.53 Å². The van der Waals surface area contributed by atoms with Crippen LogP contribution in [0.3, 0.4) is 0 Å². The lowest BCUT2D eigenvalue weighted by molar-refractivity contribution is 0.0555. The molecule has 0 radical (unpaired) electrons. The molecule has 110 valence electrons. The summed E-state index contributed by atoms with van der Waals surface area (Å²) in [5, 5.41) is 12.7. The number of nitrogens with zero attached hydrogens (tertiary/aromatic N) is 4. The second-order valence-electron chi connectivity index (χ2n) is 4.30. The summed E-state index contributed by atoms with van der Waals surface area (Å²) < 4.78 is 6.69. The summed E-state index contributed by atoms with van der Waals surface area (Å²) in [6.07, 6.45) is 5.15. The maximum Gasteiger partial charge on any atom is 0.350 e. The highest BCUT2D eigenvalue weighted by Gasteiger charge is 2.16. The van der Waals surface area contributed by atoms with Crippen LogP contribution in [0.5, 0.6) is 0 Å². The summed E-state index contributed by atoms with van der Waals surface area (Å²) in [6, 6.07) is 11.6. The molecule has 6 nitrogen and oxygen atoms in total. The molecule has 1 aromatic carbocycles. The fourth-order valence-corrected chi connectivity index (χ4v) is 2.62. The molecule has 7 heteroatoms. The van der Waals surface area contributed by atoms with Crippen LogP contribution in [0.1, 0.15) is 15.2 Å². The Bertz CT molecular complexity index is 766. The summed E-state index contributed by atoms with van der Waals surface area (Å²) in [7, 11) is 0. The molecule has 0 atom stereocenters. The number of hydrogen-bond donors (Lipinski definition) is 0. The topological polar surface area (TPSA) is 69.9 Å². The maximum absolute atomic E-state index is 12.1. The normalized spacial score (nSPS) is 10.9. The van der Waals surface area contributed by atoms with Crippen molar-refractivity contribution >= 4 is 23.4 Å². The van der Waals surface area contributed by atoms with Crippen LogP contribution in [0.2, 0.25) is 0 Å². The van der Waals surface area contributed by atoms with Crippen molar-refractivity contribution in [3.8, 4) is 5.69 Å². The van der Waals surface area contributed by atoms with Gasteiger partial charge in [0.15, 0.2) is 0 Å². The highest BCUT2D eigenvalue weighted by molar-refractivity contribution is 7.12. The Morgan fingerprint density at radius 2 is 2.14 bits per heavy atom. The molecule has 3 rings (SSSR count). The molecule has 0 saturated heterocycles. The fraction of sp³-hybridized carbons (Fsp3) is 0.0667. The van der Waals surface area contributed by atoms with Crippen molar-refractivity contribution in [2.24, 2.45) is 0 Å². The number of tetrazole rings is 1. The average molecular weight is 312 g/mol. The Kier molecular flexibility index (Phi) is 4.35. The second-order valence-corrected chi connectivity index (χ2v) is 5.22. The maximum atomic E-state index is 12.1. The Morgan fingerprint density at radius 1 is 1.27 bits per heavy atom.